The van der Waals surface area contributed by atoms with Crippen molar-refractivity contribution in [2.75, 3.05) is 0 Å². The standard InChI is InChI=1S/C11H13ClN4O/c1-16-11-8(5-13-16)10(12)14-9(15-11)6-17-7-3-2-4-7/h5,7H,2-4,6H2,1H3. The summed E-state index contributed by atoms with van der Waals surface area (Å²) >= 11 is 6.08. The largest absolute Gasteiger partial charge is 0.370 e. The van der Waals surface area contributed by atoms with Crippen LogP contribution in [0.1, 0.15) is 25.1 Å². The number of fused-ring (bicyclic) bond motifs is 1. The van der Waals surface area contributed by atoms with E-state index in [0.29, 0.717) is 23.7 Å². The van der Waals surface area contributed by atoms with Crippen LogP contribution in [0.15, 0.2) is 6.20 Å². The molecule has 1 aliphatic rings. The molecule has 3 rings (SSSR count). The summed E-state index contributed by atoms with van der Waals surface area (Å²) in [5, 5.41) is 5.33. The topological polar surface area (TPSA) is 52.8 Å². The van der Waals surface area contributed by atoms with Gasteiger partial charge in [-0.2, -0.15) is 5.10 Å². The van der Waals surface area contributed by atoms with Gasteiger partial charge in [-0.1, -0.05) is 11.6 Å². The van der Waals surface area contributed by atoms with E-state index in [9.17, 15) is 0 Å². The van der Waals surface area contributed by atoms with E-state index in [1.54, 1.807) is 10.9 Å². The fourth-order valence-electron chi connectivity index (χ4n) is 1.82. The van der Waals surface area contributed by atoms with E-state index in [4.69, 9.17) is 16.3 Å². The Morgan fingerprint density at radius 1 is 1.47 bits per heavy atom. The summed E-state index contributed by atoms with van der Waals surface area (Å²) in [4.78, 5) is 8.63. The second kappa shape index (κ2) is 4.23. The lowest BCUT2D eigenvalue weighted by Crippen LogP contribution is -2.21. The Labute approximate surface area is 104 Å². The minimum Gasteiger partial charge on any atom is -0.370 e. The van der Waals surface area contributed by atoms with E-state index >= 15 is 0 Å². The quantitative estimate of drug-likeness (QED) is 0.785. The zero-order valence-corrected chi connectivity index (χ0v) is 10.3. The molecular weight excluding hydrogens is 240 g/mol. The molecule has 0 radical (unpaired) electrons. The van der Waals surface area contributed by atoms with E-state index in [-0.39, 0.29) is 0 Å². The predicted octanol–water partition coefficient (Wildman–Crippen LogP) is 2.09. The smallest absolute Gasteiger partial charge is 0.162 e. The van der Waals surface area contributed by atoms with Crippen LogP contribution in [0, 0.1) is 0 Å². The first-order valence-corrected chi connectivity index (χ1v) is 6.07. The highest BCUT2D eigenvalue weighted by molar-refractivity contribution is 6.33. The molecule has 0 unspecified atom stereocenters. The zero-order chi connectivity index (χ0) is 11.8. The van der Waals surface area contributed by atoms with Crippen LogP contribution in [0.25, 0.3) is 11.0 Å². The minimum atomic E-state index is 0.375. The second-order valence-corrected chi connectivity index (χ2v) is 4.66. The number of aromatic nitrogens is 4. The fraction of sp³-hybridized carbons (Fsp3) is 0.545. The van der Waals surface area contributed by atoms with Gasteiger partial charge in [0.25, 0.3) is 0 Å². The van der Waals surface area contributed by atoms with Crippen LogP contribution in [-0.2, 0) is 18.4 Å². The molecule has 90 valence electrons. The number of rotatable bonds is 3. The summed E-state index contributed by atoms with van der Waals surface area (Å²) < 4.78 is 7.36. The summed E-state index contributed by atoms with van der Waals surface area (Å²) in [6.07, 6.45) is 5.59. The average molecular weight is 253 g/mol. The third kappa shape index (κ3) is 2.00. The zero-order valence-electron chi connectivity index (χ0n) is 9.56. The molecule has 2 aromatic rings. The van der Waals surface area contributed by atoms with Crippen LogP contribution in [0.3, 0.4) is 0 Å². The van der Waals surface area contributed by atoms with Crippen LogP contribution in [0.4, 0.5) is 0 Å². The lowest BCUT2D eigenvalue weighted by atomic mass is 9.96. The molecule has 0 atom stereocenters. The Morgan fingerprint density at radius 3 is 3.00 bits per heavy atom. The lowest BCUT2D eigenvalue weighted by Gasteiger charge is -2.25. The Hall–Kier alpha value is -1.20. The van der Waals surface area contributed by atoms with Crippen molar-refractivity contribution >= 4 is 22.6 Å². The van der Waals surface area contributed by atoms with Crippen molar-refractivity contribution in [2.24, 2.45) is 7.05 Å². The number of aryl methyl sites for hydroxylation is 1. The molecular formula is C11H13ClN4O. The normalized spacial score (nSPS) is 16.4. The molecule has 0 aromatic carbocycles. The molecule has 0 amide bonds. The maximum absolute atomic E-state index is 6.08. The van der Waals surface area contributed by atoms with Crippen molar-refractivity contribution < 1.29 is 4.74 Å². The van der Waals surface area contributed by atoms with Crippen molar-refractivity contribution in [3.05, 3.63) is 17.2 Å². The summed E-state index contributed by atoms with van der Waals surface area (Å²) in [6.45, 7) is 0.422. The average Bonchev–Trinajstić information content (AvgIpc) is 2.59. The first-order chi connectivity index (χ1) is 8.24. The first kappa shape index (κ1) is 10.9. The molecule has 0 spiro atoms. The van der Waals surface area contributed by atoms with E-state index in [1.165, 1.54) is 6.42 Å². The van der Waals surface area contributed by atoms with Crippen molar-refractivity contribution in [3.63, 3.8) is 0 Å². The van der Waals surface area contributed by atoms with Crippen molar-refractivity contribution in [3.8, 4) is 0 Å². The summed E-state index contributed by atoms with van der Waals surface area (Å²) in [5.74, 6) is 0.623. The van der Waals surface area contributed by atoms with Gasteiger partial charge in [-0.15, -0.1) is 0 Å². The van der Waals surface area contributed by atoms with Crippen LogP contribution < -0.4 is 0 Å². The summed E-state index contributed by atoms with van der Waals surface area (Å²) in [5.41, 5.74) is 0.747. The van der Waals surface area contributed by atoms with Crippen molar-refractivity contribution in [1.82, 2.24) is 19.7 Å². The Morgan fingerprint density at radius 2 is 2.29 bits per heavy atom. The van der Waals surface area contributed by atoms with Crippen LogP contribution >= 0.6 is 11.6 Å². The number of hydrogen-bond donors (Lipinski definition) is 0. The number of nitrogens with zero attached hydrogens (tertiary/aromatic N) is 4. The van der Waals surface area contributed by atoms with Crippen molar-refractivity contribution in [1.29, 1.82) is 0 Å². The number of halogens is 1. The fourth-order valence-corrected chi connectivity index (χ4v) is 2.06. The molecule has 1 fully saturated rings. The maximum atomic E-state index is 6.08. The molecule has 2 aromatic heterocycles. The van der Waals surface area contributed by atoms with E-state index in [2.05, 4.69) is 15.1 Å². The van der Waals surface area contributed by atoms with Gasteiger partial charge in [-0.3, -0.25) is 4.68 Å². The highest BCUT2D eigenvalue weighted by Crippen LogP contribution is 2.24. The lowest BCUT2D eigenvalue weighted by molar-refractivity contribution is -0.0115. The van der Waals surface area contributed by atoms with E-state index in [0.717, 1.165) is 23.9 Å². The molecule has 17 heavy (non-hydrogen) atoms. The Kier molecular flexibility index (Phi) is 2.72. The van der Waals surface area contributed by atoms with Crippen LogP contribution in [0.2, 0.25) is 5.15 Å². The van der Waals surface area contributed by atoms with Gasteiger partial charge < -0.3 is 4.74 Å². The molecule has 1 aliphatic carbocycles. The van der Waals surface area contributed by atoms with Gasteiger partial charge >= 0.3 is 0 Å². The SMILES string of the molecule is Cn1ncc2c(Cl)nc(COC3CCC3)nc21. The molecule has 6 heteroatoms. The Bertz CT molecular complexity index is 550. The Balaban J connectivity index is 1.85. The molecule has 5 nitrogen and oxygen atoms in total. The molecule has 2 heterocycles. The third-order valence-electron chi connectivity index (χ3n) is 3.09. The molecule has 1 saturated carbocycles. The molecule has 0 N–H and O–H groups in total. The van der Waals surface area contributed by atoms with Crippen LogP contribution in [0.5, 0.6) is 0 Å². The van der Waals surface area contributed by atoms with Crippen LogP contribution in [-0.4, -0.2) is 25.9 Å². The molecule has 0 saturated heterocycles. The number of hydrogen-bond acceptors (Lipinski definition) is 4. The summed E-state index contributed by atoms with van der Waals surface area (Å²) in [6, 6.07) is 0. The summed E-state index contributed by atoms with van der Waals surface area (Å²) in [7, 11) is 1.84. The van der Waals surface area contributed by atoms with Gasteiger partial charge in [0.15, 0.2) is 11.5 Å². The van der Waals surface area contributed by atoms with Gasteiger partial charge in [-0.25, -0.2) is 9.97 Å². The van der Waals surface area contributed by atoms with Gasteiger partial charge in [0.2, 0.25) is 0 Å². The molecule has 0 aliphatic heterocycles. The van der Waals surface area contributed by atoms with E-state index < -0.39 is 0 Å². The van der Waals surface area contributed by atoms with Gasteiger partial charge in [0.1, 0.15) is 11.8 Å². The highest BCUT2D eigenvalue weighted by Gasteiger charge is 2.18. The third-order valence-corrected chi connectivity index (χ3v) is 3.38. The maximum Gasteiger partial charge on any atom is 0.162 e. The highest BCUT2D eigenvalue weighted by atomic mass is 35.5. The second-order valence-electron chi connectivity index (χ2n) is 4.30. The predicted molar refractivity (Wildman–Crippen MR) is 63.7 cm³/mol. The number of ether oxygens (including phenoxy) is 1. The first-order valence-electron chi connectivity index (χ1n) is 5.70. The monoisotopic (exact) mass is 252 g/mol. The van der Waals surface area contributed by atoms with Crippen molar-refractivity contribution in [2.45, 2.75) is 32.0 Å². The van der Waals surface area contributed by atoms with Gasteiger partial charge in [0.05, 0.1) is 17.7 Å². The van der Waals surface area contributed by atoms with Gasteiger partial charge in [0, 0.05) is 7.05 Å². The molecule has 0 bridgehead atoms. The van der Waals surface area contributed by atoms with Gasteiger partial charge in [-0.05, 0) is 19.3 Å². The minimum absolute atomic E-state index is 0.375. The van der Waals surface area contributed by atoms with E-state index in [1.807, 2.05) is 7.05 Å².